The molecule has 1 heterocycles. The van der Waals surface area contributed by atoms with Crippen molar-refractivity contribution in [2.45, 2.75) is 58.1 Å². The van der Waals surface area contributed by atoms with Gasteiger partial charge in [0.2, 0.25) is 10.0 Å². The molecule has 0 amide bonds. The molecular weight excluding hydrogens is 254 g/mol. The van der Waals surface area contributed by atoms with E-state index in [9.17, 15) is 13.5 Å². The van der Waals surface area contributed by atoms with Gasteiger partial charge in [0, 0.05) is 0 Å². The molecule has 0 unspecified atom stereocenters. The third-order valence-corrected chi connectivity index (χ3v) is 5.29. The number of nitrogens with one attached hydrogen (secondary N) is 1. The number of sulfonamides is 1. The lowest BCUT2D eigenvalue weighted by Crippen LogP contribution is -2.49. The van der Waals surface area contributed by atoms with Crippen LogP contribution in [0.25, 0.3) is 0 Å². The summed E-state index contributed by atoms with van der Waals surface area (Å²) >= 11 is 0. The van der Waals surface area contributed by atoms with Gasteiger partial charge in [-0.15, -0.1) is 0 Å². The molecule has 1 rings (SSSR count). The number of hydrogen-bond donors (Lipinski definition) is 2. The summed E-state index contributed by atoms with van der Waals surface area (Å²) in [5.74, 6) is 0.403. The zero-order chi connectivity index (χ0) is 13.9. The Balaban J connectivity index is 2.80. The fraction of sp³-hybridized carbons (Fsp3) is 1.00. The second-order valence-electron chi connectivity index (χ2n) is 5.47. The predicted molar refractivity (Wildman–Crippen MR) is 70.5 cm³/mol. The maximum absolute atomic E-state index is 11.8. The second-order valence-corrected chi connectivity index (χ2v) is 7.73. The van der Waals surface area contributed by atoms with Crippen LogP contribution in [0.5, 0.6) is 0 Å². The predicted octanol–water partition coefficient (Wildman–Crippen LogP) is 1.08. The molecule has 0 aromatic heterocycles. The average Bonchev–Trinajstić information content (AvgIpc) is 2.41. The van der Waals surface area contributed by atoms with Gasteiger partial charge in [0.15, 0.2) is 0 Å². The molecule has 1 aliphatic heterocycles. The molecule has 1 fully saturated rings. The Hall–Kier alpha value is -0.170. The maximum atomic E-state index is 11.8. The van der Waals surface area contributed by atoms with Crippen LogP contribution in [0.2, 0.25) is 0 Å². The minimum Gasteiger partial charge on any atom is -0.389 e. The van der Waals surface area contributed by atoms with Gasteiger partial charge in [-0.05, 0) is 32.1 Å². The summed E-state index contributed by atoms with van der Waals surface area (Å²) in [5.41, 5.74) is 0. The van der Waals surface area contributed by atoms with Crippen molar-refractivity contribution < 1.29 is 18.3 Å². The van der Waals surface area contributed by atoms with Crippen molar-refractivity contribution in [1.29, 1.82) is 0 Å². The first-order valence-electron chi connectivity index (χ1n) is 6.58. The van der Waals surface area contributed by atoms with E-state index in [4.69, 9.17) is 4.74 Å². The third-order valence-electron chi connectivity index (χ3n) is 3.48. The fourth-order valence-electron chi connectivity index (χ4n) is 2.15. The molecule has 4 atom stereocenters. The molecule has 18 heavy (non-hydrogen) atoms. The zero-order valence-electron chi connectivity index (χ0n) is 11.6. The molecule has 1 aliphatic rings. The molecular formula is C12H25NO4S. The van der Waals surface area contributed by atoms with Crippen LogP contribution in [-0.4, -0.2) is 37.7 Å². The van der Waals surface area contributed by atoms with Crippen LogP contribution in [-0.2, 0) is 14.8 Å². The Kier molecular flexibility index (Phi) is 5.58. The van der Waals surface area contributed by atoms with Gasteiger partial charge in [-0.25, -0.2) is 8.42 Å². The zero-order valence-corrected chi connectivity index (χ0v) is 12.4. The summed E-state index contributed by atoms with van der Waals surface area (Å²) in [7, 11) is -3.43. The molecule has 0 aromatic carbocycles. The topological polar surface area (TPSA) is 75.6 Å². The van der Waals surface area contributed by atoms with E-state index in [-0.39, 0.29) is 5.92 Å². The van der Waals surface area contributed by atoms with Gasteiger partial charge >= 0.3 is 0 Å². The van der Waals surface area contributed by atoms with E-state index >= 15 is 0 Å². The third kappa shape index (κ3) is 3.91. The van der Waals surface area contributed by atoms with E-state index in [1.165, 1.54) is 0 Å². The molecule has 0 radical (unpaired) electrons. The smallest absolute Gasteiger partial charge is 0.216 e. The van der Waals surface area contributed by atoms with Gasteiger partial charge in [0.1, 0.15) is 6.23 Å². The fourth-order valence-corrected chi connectivity index (χ4v) is 2.95. The highest BCUT2D eigenvalue weighted by molar-refractivity contribution is 7.90. The normalized spacial score (nSPS) is 34.6. The first kappa shape index (κ1) is 15.9. The Morgan fingerprint density at radius 3 is 2.56 bits per heavy atom. The van der Waals surface area contributed by atoms with E-state index in [0.717, 1.165) is 12.8 Å². The van der Waals surface area contributed by atoms with Crippen molar-refractivity contribution in [3.63, 3.8) is 0 Å². The van der Waals surface area contributed by atoms with Crippen molar-refractivity contribution >= 4 is 10.0 Å². The van der Waals surface area contributed by atoms with Crippen molar-refractivity contribution in [2.24, 2.45) is 11.8 Å². The van der Waals surface area contributed by atoms with Crippen molar-refractivity contribution in [3.8, 4) is 0 Å². The summed E-state index contributed by atoms with van der Waals surface area (Å²) in [6.45, 7) is 7.73. The minimum absolute atomic E-state index is 0.0716. The lowest BCUT2D eigenvalue weighted by atomic mass is 9.90. The van der Waals surface area contributed by atoms with Crippen molar-refractivity contribution in [1.82, 2.24) is 4.72 Å². The van der Waals surface area contributed by atoms with Crippen LogP contribution in [0.1, 0.15) is 40.5 Å². The van der Waals surface area contributed by atoms with Crippen LogP contribution in [0.4, 0.5) is 0 Å². The van der Waals surface area contributed by atoms with Gasteiger partial charge in [0.05, 0.1) is 18.0 Å². The molecule has 6 heteroatoms. The molecule has 2 N–H and O–H groups in total. The van der Waals surface area contributed by atoms with E-state index in [2.05, 4.69) is 11.6 Å². The van der Waals surface area contributed by atoms with Crippen LogP contribution in [0.15, 0.2) is 0 Å². The highest BCUT2D eigenvalue weighted by Gasteiger charge is 2.35. The molecule has 0 saturated carbocycles. The Labute approximate surface area is 110 Å². The summed E-state index contributed by atoms with van der Waals surface area (Å²) < 4.78 is 31.6. The largest absolute Gasteiger partial charge is 0.389 e. The average molecular weight is 279 g/mol. The summed E-state index contributed by atoms with van der Waals surface area (Å²) in [5, 5.41) is 9.69. The van der Waals surface area contributed by atoms with E-state index < -0.39 is 27.6 Å². The Morgan fingerprint density at radius 2 is 2.06 bits per heavy atom. The Morgan fingerprint density at radius 1 is 1.44 bits per heavy atom. The molecule has 108 valence electrons. The highest BCUT2D eigenvalue weighted by Crippen LogP contribution is 2.26. The van der Waals surface area contributed by atoms with Crippen LogP contribution in [0.3, 0.4) is 0 Å². The van der Waals surface area contributed by atoms with Gasteiger partial charge in [0.25, 0.3) is 0 Å². The second kappa shape index (κ2) is 6.32. The summed E-state index contributed by atoms with van der Waals surface area (Å²) in [6.07, 6.45) is 0.0626. The van der Waals surface area contributed by atoms with Gasteiger partial charge < -0.3 is 9.84 Å². The summed E-state index contributed by atoms with van der Waals surface area (Å²) in [4.78, 5) is 0. The number of hydrogen-bond acceptors (Lipinski definition) is 4. The first-order chi connectivity index (χ1) is 8.27. The number of ether oxygens (including phenoxy) is 1. The van der Waals surface area contributed by atoms with Gasteiger partial charge in [-0.2, -0.15) is 4.72 Å². The lowest BCUT2D eigenvalue weighted by Gasteiger charge is -2.27. The number of aliphatic hydroxyl groups is 1. The molecule has 0 aromatic rings. The first-order valence-corrected chi connectivity index (χ1v) is 8.13. The van der Waals surface area contributed by atoms with Crippen LogP contribution >= 0.6 is 0 Å². The lowest BCUT2D eigenvalue weighted by molar-refractivity contribution is -0.0523. The van der Waals surface area contributed by atoms with Crippen LogP contribution < -0.4 is 4.72 Å². The summed E-state index contributed by atoms with van der Waals surface area (Å²) in [6, 6.07) is 0. The molecule has 5 nitrogen and oxygen atoms in total. The van der Waals surface area contributed by atoms with Gasteiger partial charge in [-0.1, -0.05) is 20.3 Å². The SMILES string of the molecule is CC[C@@H]1C[C@H](C)CO[C@H](NS(=O)(=O)C(C)C)[C@H]1O. The van der Waals surface area contributed by atoms with E-state index in [1.807, 2.05) is 6.92 Å². The van der Waals surface area contributed by atoms with Crippen LogP contribution in [0, 0.1) is 11.8 Å². The minimum atomic E-state index is -3.43. The van der Waals surface area contributed by atoms with Crippen molar-refractivity contribution in [2.75, 3.05) is 6.61 Å². The van der Waals surface area contributed by atoms with E-state index in [0.29, 0.717) is 12.5 Å². The molecule has 0 spiro atoms. The Bertz CT molecular complexity index is 355. The van der Waals surface area contributed by atoms with E-state index in [1.54, 1.807) is 13.8 Å². The number of aliphatic hydroxyl groups excluding tert-OH is 1. The molecule has 0 bridgehead atoms. The monoisotopic (exact) mass is 279 g/mol. The maximum Gasteiger partial charge on any atom is 0.216 e. The number of rotatable bonds is 4. The quantitative estimate of drug-likeness (QED) is 0.807. The molecule has 0 aliphatic carbocycles. The van der Waals surface area contributed by atoms with Crippen molar-refractivity contribution in [3.05, 3.63) is 0 Å². The molecule has 1 saturated heterocycles. The van der Waals surface area contributed by atoms with Gasteiger partial charge in [-0.3, -0.25) is 0 Å². The highest BCUT2D eigenvalue weighted by atomic mass is 32.2. The standard InChI is InChI=1S/C12H25NO4S/c1-5-10-6-9(4)7-17-12(11(10)14)13-18(15,16)8(2)3/h8-14H,5-7H2,1-4H3/t9-,10+,11-,12-/m0/s1.